The second kappa shape index (κ2) is 8.16. The summed E-state index contributed by atoms with van der Waals surface area (Å²) in [4.78, 5) is 21.8. The fourth-order valence-corrected chi connectivity index (χ4v) is 4.35. The Morgan fingerprint density at radius 1 is 1.32 bits per heavy atom. The van der Waals surface area contributed by atoms with Gasteiger partial charge in [-0.2, -0.15) is 0 Å². The number of hydrogen-bond donors (Lipinski definition) is 0. The van der Waals surface area contributed by atoms with E-state index in [4.69, 9.17) is 25.8 Å². The highest BCUT2D eigenvalue weighted by Crippen LogP contribution is 2.34. The van der Waals surface area contributed by atoms with Gasteiger partial charge >= 0.3 is 0 Å². The van der Waals surface area contributed by atoms with Gasteiger partial charge < -0.3 is 9.26 Å². The maximum Gasteiger partial charge on any atom is 0.298 e. The quantitative estimate of drug-likeness (QED) is 0.628. The van der Waals surface area contributed by atoms with Gasteiger partial charge in [0, 0.05) is 37.3 Å². The fraction of sp³-hybridized carbons (Fsp3) is 0.421. The lowest BCUT2D eigenvalue weighted by atomic mass is 10.2. The van der Waals surface area contributed by atoms with Gasteiger partial charge in [-0.3, -0.25) is 14.6 Å². The molecule has 1 aliphatic heterocycles. The summed E-state index contributed by atoms with van der Waals surface area (Å²) in [5.41, 5.74) is 2.41. The molecule has 7 nitrogen and oxygen atoms in total. The van der Waals surface area contributed by atoms with E-state index in [-0.39, 0.29) is 11.7 Å². The lowest BCUT2D eigenvalue weighted by Crippen LogP contribution is -2.43. The SMILES string of the molecule is Cc1cc(C(=O)N(CCN2CCOCC2)c2nc3c(C)c(Cl)ccc3s2)on1. The van der Waals surface area contributed by atoms with Gasteiger partial charge in [-0.05, 0) is 31.5 Å². The zero-order valence-corrected chi connectivity index (χ0v) is 17.3. The van der Waals surface area contributed by atoms with Gasteiger partial charge in [-0.1, -0.05) is 28.1 Å². The van der Waals surface area contributed by atoms with Crippen molar-refractivity contribution in [1.82, 2.24) is 15.0 Å². The molecule has 3 aromatic rings. The standard InChI is InChI=1S/C19H21ClN4O3S/c1-12-11-15(27-22-12)18(25)24(6-5-23-7-9-26-10-8-23)19-21-17-13(2)14(20)3-4-16(17)28-19/h3-4,11H,5-10H2,1-2H3. The number of carbonyl (C=O) groups excluding carboxylic acids is 1. The zero-order valence-electron chi connectivity index (χ0n) is 15.8. The molecule has 1 fully saturated rings. The minimum Gasteiger partial charge on any atom is -0.379 e. The summed E-state index contributed by atoms with van der Waals surface area (Å²) in [5.74, 6) is -0.0230. The molecule has 4 rings (SSSR count). The summed E-state index contributed by atoms with van der Waals surface area (Å²) in [5, 5.41) is 5.15. The van der Waals surface area contributed by atoms with E-state index in [1.165, 1.54) is 11.3 Å². The van der Waals surface area contributed by atoms with Crippen LogP contribution in [-0.4, -0.2) is 60.3 Å². The summed E-state index contributed by atoms with van der Waals surface area (Å²) < 4.78 is 11.6. The molecular weight excluding hydrogens is 400 g/mol. The molecule has 1 saturated heterocycles. The summed E-state index contributed by atoms with van der Waals surface area (Å²) in [7, 11) is 0. The Bertz CT molecular complexity index is 996. The average molecular weight is 421 g/mol. The Labute approximate surface area is 171 Å². The van der Waals surface area contributed by atoms with E-state index >= 15 is 0 Å². The number of benzene rings is 1. The van der Waals surface area contributed by atoms with Gasteiger partial charge in [0.25, 0.3) is 5.91 Å². The number of rotatable bonds is 5. The number of fused-ring (bicyclic) bond motifs is 1. The molecule has 3 heterocycles. The summed E-state index contributed by atoms with van der Waals surface area (Å²) in [6.45, 7) is 8.12. The molecule has 148 valence electrons. The Morgan fingerprint density at radius 3 is 2.82 bits per heavy atom. The highest BCUT2D eigenvalue weighted by Gasteiger charge is 2.26. The van der Waals surface area contributed by atoms with Gasteiger partial charge in [-0.25, -0.2) is 4.98 Å². The molecule has 1 amide bonds. The number of aryl methyl sites for hydroxylation is 2. The van der Waals surface area contributed by atoms with Crippen LogP contribution in [0.5, 0.6) is 0 Å². The molecule has 2 aromatic heterocycles. The first-order chi connectivity index (χ1) is 13.5. The fourth-order valence-electron chi connectivity index (χ4n) is 3.15. The first kappa shape index (κ1) is 19.3. The molecule has 0 atom stereocenters. The van der Waals surface area contributed by atoms with Crippen molar-refractivity contribution in [3.05, 3.63) is 40.2 Å². The number of hydrogen-bond acceptors (Lipinski definition) is 7. The minimum atomic E-state index is -0.239. The molecule has 9 heteroatoms. The number of thiazole rings is 1. The van der Waals surface area contributed by atoms with Crippen molar-refractivity contribution in [3.63, 3.8) is 0 Å². The van der Waals surface area contributed by atoms with Gasteiger partial charge in [0.2, 0.25) is 5.76 Å². The van der Waals surface area contributed by atoms with Gasteiger partial charge in [0.1, 0.15) is 0 Å². The number of anilines is 1. The second-order valence-electron chi connectivity index (χ2n) is 6.76. The summed E-state index contributed by atoms with van der Waals surface area (Å²) in [6.07, 6.45) is 0. The van der Waals surface area contributed by atoms with Crippen molar-refractivity contribution in [2.75, 3.05) is 44.3 Å². The van der Waals surface area contributed by atoms with Crippen LogP contribution in [0.15, 0.2) is 22.7 Å². The summed E-state index contributed by atoms with van der Waals surface area (Å²) in [6, 6.07) is 5.45. The topological polar surface area (TPSA) is 71.7 Å². The Kier molecular flexibility index (Phi) is 5.63. The van der Waals surface area contributed by atoms with Gasteiger partial charge in [0.15, 0.2) is 5.13 Å². The van der Waals surface area contributed by atoms with Crippen LogP contribution < -0.4 is 4.90 Å². The number of halogens is 1. The molecule has 0 saturated carbocycles. The number of nitrogens with zero attached hydrogens (tertiary/aromatic N) is 4. The van der Waals surface area contributed by atoms with Crippen LogP contribution in [0.25, 0.3) is 10.2 Å². The maximum atomic E-state index is 13.1. The van der Waals surface area contributed by atoms with Gasteiger partial charge in [-0.15, -0.1) is 0 Å². The largest absolute Gasteiger partial charge is 0.379 e. The number of carbonyl (C=O) groups is 1. The third kappa shape index (κ3) is 3.91. The van der Waals surface area contributed by atoms with Crippen molar-refractivity contribution in [2.24, 2.45) is 0 Å². The molecule has 0 unspecified atom stereocenters. The van der Waals surface area contributed by atoms with Crippen LogP contribution in [0.4, 0.5) is 5.13 Å². The lowest BCUT2D eigenvalue weighted by Gasteiger charge is -2.28. The summed E-state index contributed by atoms with van der Waals surface area (Å²) >= 11 is 7.72. The molecule has 0 bridgehead atoms. The van der Waals surface area contributed by atoms with Crippen LogP contribution in [-0.2, 0) is 4.74 Å². The zero-order chi connectivity index (χ0) is 19.7. The normalized spacial score (nSPS) is 15.2. The molecular formula is C19H21ClN4O3S. The number of morpholine rings is 1. The highest BCUT2D eigenvalue weighted by atomic mass is 35.5. The first-order valence-electron chi connectivity index (χ1n) is 9.14. The van der Waals surface area contributed by atoms with E-state index in [1.807, 2.05) is 19.1 Å². The maximum absolute atomic E-state index is 13.1. The van der Waals surface area contributed by atoms with Crippen molar-refractivity contribution in [3.8, 4) is 0 Å². The van der Waals surface area contributed by atoms with Crippen LogP contribution >= 0.6 is 22.9 Å². The molecule has 1 aromatic carbocycles. The Morgan fingerprint density at radius 2 is 2.11 bits per heavy atom. The molecule has 0 radical (unpaired) electrons. The Balaban J connectivity index is 1.65. The molecule has 0 aliphatic carbocycles. The lowest BCUT2D eigenvalue weighted by molar-refractivity contribution is 0.0390. The number of ether oxygens (including phenoxy) is 1. The molecule has 0 N–H and O–H groups in total. The van der Waals surface area contributed by atoms with E-state index in [1.54, 1.807) is 17.9 Å². The van der Waals surface area contributed by atoms with Crippen LogP contribution in [0.3, 0.4) is 0 Å². The smallest absolute Gasteiger partial charge is 0.298 e. The third-order valence-electron chi connectivity index (χ3n) is 4.79. The molecule has 1 aliphatic rings. The van der Waals surface area contributed by atoms with Crippen molar-refractivity contribution in [2.45, 2.75) is 13.8 Å². The first-order valence-corrected chi connectivity index (χ1v) is 10.3. The van der Waals surface area contributed by atoms with E-state index in [0.29, 0.717) is 35.6 Å². The van der Waals surface area contributed by atoms with Crippen LogP contribution in [0.2, 0.25) is 5.02 Å². The van der Waals surface area contributed by atoms with Crippen molar-refractivity contribution < 1.29 is 14.1 Å². The van der Waals surface area contributed by atoms with Crippen molar-refractivity contribution >= 4 is 44.2 Å². The predicted octanol–water partition coefficient (Wildman–Crippen LogP) is 3.53. The van der Waals surface area contributed by atoms with Crippen LogP contribution in [0, 0.1) is 13.8 Å². The molecule has 0 spiro atoms. The number of amides is 1. The van der Waals surface area contributed by atoms with Crippen LogP contribution in [0.1, 0.15) is 21.8 Å². The number of aromatic nitrogens is 2. The Hall–Kier alpha value is -2.00. The van der Waals surface area contributed by atoms with Gasteiger partial charge in [0.05, 0.1) is 29.1 Å². The predicted molar refractivity (Wildman–Crippen MR) is 110 cm³/mol. The third-order valence-corrected chi connectivity index (χ3v) is 6.25. The monoisotopic (exact) mass is 420 g/mol. The molecule has 28 heavy (non-hydrogen) atoms. The van der Waals surface area contributed by atoms with E-state index in [2.05, 4.69) is 10.1 Å². The van der Waals surface area contributed by atoms with Crippen molar-refractivity contribution in [1.29, 1.82) is 0 Å². The minimum absolute atomic E-state index is 0.216. The average Bonchev–Trinajstić information content (AvgIpc) is 3.32. The highest BCUT2D eigenvalue weighted by molar-refractivity contribution is 7.22. The second-order valence-corrected chi connectivity index (χ2v) is 8.18. The van der Waals surface area contributed by atoms with E-state index in [9.17, 15) is 4.79 Å². The van der Waals surface area contributed by atoms with E-state index < -0.39 is 0 Å². The van der Waals surface area contributed by atoms with E-state index in [0.717, 1.165) is 35.4 Å².